The van der Waals surface area contributed by atoms with E-state index in [0.29, 0.717) is 18.7 Å². The molecule has 148 valence electrons. The number of carbonyl (C=O) groups excluding carboxylic acids is 2. The van der Waals surface area contributed by atoms with Crippen molar-refractivity contribution >= 4 is 11.8 Å². The van der Waals surface area contributed by atoms with Crippen molar-refractivity contribution in [2.24, 2.45) is 0 Å². The summed E-state index contributed by atoms with van der Waals surface area (Å²) in [6.07, 6.45) is 6.72. The third kappa shape index (κ3) is 5.22. The van der Waals surface area contributed by atoms with Gasteiger partial charge in [0.15, 0.2) is 0 Å². The van der Waals surface area contributed by atoms with E-state index in [9.17, 15) is 9.59 Å². The molecule has 2 aromatic rings. The summed E-state index contributed by atoms with van der Waals surface area (Å²) in [5.74, 6) is -0.0413. The van der Waals surface area contributed by atoms with E-state index in [4.69, 9.17) is 0 Å². The fraction of sp³-hybridized carbons (Fsp3) is 0.417. The maximum absolute atomic E-state index is 12.7. The molecule has 3 rings (SSSR count). The Labute approximate surface area is 167 Å². The van der Waals surface area contributed by atoms with Crippen molar-refractivity contribution in [2.45, 2.75) is 50.9 Å². The first-order valence-corrected chi connectivity index (χ1v) is 10.3. The number of rotatable bonds is 7. The lowest BCUT2D eigenvalue weighted by molar-refractivity contribution is -0.118. The highest BCUT2D eigenvalue weighted by Crippen LogP contribution is 2.38. The predicted molar refractivity (Wildman–Crippen MR) is 112 cm³/mol. The van der Waals surface area contributed by atoms with Gasteiger partial charge in [-0.3, -0.25) is 9.59 Å². The van der Waals surface area contributed by atoms with Gasteiger partial charge in [-0.2, -0.15) is 0 Å². The van der Waals surface area contributed by atoms with Gasteiger partial charge in [-0.15, -0.1) is 0 Å². The van der Waals surface area contributed by atoms with Gasteiger partial charge in [-0.1, -0.05) is 61.7 Å². The maximum Gasteiger partial charge on any atom is 0.251 e. The lowest BCUT2D eigenvalue weighted by Crippen LogP contribution is -2.42. The number of amides is 2. The van der Waals surface area contributed by atoms with Crippen LogP contribution < -0.4 is 10.6 Å². The van der Waals surface area contributed by atoms with E-state index in [1.165, 1.54) is 31.7 Å². The topological polar surface area (TPSA) is 58.2 Å². The number of carbonyl (C=O) groups is 2. The summed E-state index contributed by atoms with van der Waals surface area (Å²) in [4.78, 5) is 23.7. The molecule has 4 nitrogen and oxygen atoms in total. The SMILES string of the molecule is CC(=O)NCCc1ccc(C(=O)NCC2(c3ccccc3)CCCCC2)cc1. The van der Waals surface area contributed by atoms with Crippen LogP contribution in [-0.2, 0) is 16.6 Å². The zero-order valence-electron chi connectivity index (χ0n) is 16.7. The Hall–Kier alpha value is -2.62. The van der Waals surface area contributed by atoms with Crippen molar-refractivity contribution in [3.63, 3.8) is 0 Å². The van der Waals surface area contributed by atoms with Gasteiger partial charge in [0.2, 0.25) is 5.91 Å². The lowest BCUT2D eigenvalue weighted by Gasteiger charge is -2.38. The van der Waals surface area contributed by atoms with Gasteiger partial charge in [0.25, 0.3) is 5.91 Å². The van der Waals surface area contributed by atoms with E-state index in [1.807, 2.05) is 30.3 Å². The van der Waals surface area contributed by atoms with Crippen LogP contribution in [0.15, 0.2) is 54.6 Å². The van der Waals surface area contributed by atoms with E-state index in [0.717, 1.165) is 24.8 Å². The van der Waals surface area contributed by atoms with Crippen molar-refractivity contribution in [3.05, 3.63) is 71.3 Å². The van der Waals surface area contributed by atoms with E-state index >= 15 is 0 Å². The van der Waals surface area contributed by atoms with Crippen molar-refractivity contribution in [1.29, 1.82) is 0 Å². The van der Waals surface area contributed by atoms with Crippen LogP contribution in [0.5, 0.6) is 0 Å². The monoisotopic (exact) mass is 378 g/mol. The van der Waals surface area contributed by atoms with E-state index < -0.39 is 0 Å². The van der Waals surface area contributed by atoms with Gasteiger partial charge in [0, 0.05) is 31.0 Å². The summed E-state index contributed by atoms with van der Waals surface area (Å²) >= 11 is 0. The highest BCUT2D eigenvalue weighted by Gasteiger charge is 2.34. The molecule has 2 amide bonds. The Balaban J connectivity index is 1.61. The maximum atomic E-state index is 12.7. The van der Waals surface area contributed by atoms with Crippen molar-refractivity contribution in [3.8, 4) is 0 Å². The molecular weight excluding hydrogens is 348 g/mol. The molecule has 0 unspecified atom stereocenters. The predicted octanol–water partition coefficient (Wildman–Crippen LogP) is 4.00. The van der Waals surface area contributed by atoms with Crippen LogP contribution >= 0.6 is 0 Å². The minimum atomic E-state index is -0.0222. The van der Waals surface area contributed by atoms with Crippen LogP contribution in [0, 0.1) is 0 Å². The average Bonchev–Trinajstić information content (AvgIpc) is 2.73. The van der Waals surface area contributed by atoms with Crippen LogP contribution in [0.2, 0.25) is 0 Å². The van der Waals surface area contributed by atoms with Gasteiger partial charge >= 0.3 is 0 Å². The molecule has 28 heavy (non-hydrogen) atoms. The molecule has 4 heteroatoms. The van der Waals surface area contributed by atoms with Gasteiger partial charge in [-0.05, 0) is 42.5 Å². The summed E-state index contributed by atoms with van der Waals surface area (Å²) in [7, 11) is 0. The fourth-order valence-corrected chi connectivity index (χ4v) is 4.14. The molecule has 0 heterocycles. The Morgan fingerprint density at radius 2 is 1.57 bits per heavy atom. The van der Waals surface area contributed by atoms with Crippen LogP contribution in [0.3, 0.4) is 0 Å². The quantitative estimate of drug-likeness (QED) is 0.765. The Morgan fingerprint density at radius 3 is 2.21 bits per heavy atom. The number of benzene rings is 2. The molecule has 0 aliphatic heterocycles. The standard InChI is InChI=1S/C24H30N2O2/c1-19(27)25-17-14-20-10-12-21(13-11-20)23(28)26-18-24(15-6-3-7-16-24)22-8-4-2-5-9-22/h2,4-5,8-13H,3,6-7,14-18H2,1H3,(H,25,27)(H,26,28). The van der Waals surface area contributed by atoms with E-state index in [2.05, 4.69) is 34.9 Å². The summed E-state index contributed by atoms with van der Waals surface area (Å²) in [6, 6.07) is 18.3. The van der Waals surface area contributed by atoms with E-state index in [1.54, 1.807) is 0 Å². The molecule has 0 aromatic heterocycles. The second-order valence-corrected chi connectivity index (χ2v) is 7.82. The minimum Gasteiger partial charge on any atom is -0.356 e. The normalized spacial score (nSPS) is 15.6. The molecule has 0 atom stereocenters. The first-order chi connectivity index (χ1) is 13.6. The van der Waals surface area contributed by atoms with Crippen molar-refractivity contribution < 1.29 is 9.59 Å². The van der Waals surface area contributed by atoms with Crippen LogP contribution in [0.1, 0.15) is 60.5 Å². The highest BCUT2D eigenvalue weighted by molar-refractivity contribution is 5.94. The lowest BCUT2D eigenvalue weighted by atomic mass is 9.69. The van der Waals surface area contributed by atoms with Crippen LogP contribution in [0.4, 0.5) is 0 Å². The Bertz CT molecular complexity index is 778. The second-order valence-electron chi connectivity index (χ2n) is 7.82. The molecule has 0 saturated heterocycles. The third-order valence-corrected chi connectivity index (χ3v) is 5.79. The second kappa shape index (κ2) is 9.54. The first kappa shape index (κ1) is 20.1. The molecule has 0 radical (unpaired) electrons. The summed E-state index contributed by atoms with van der Waals surface area (Å²) < 4.78 is 0. The zero-order chi connectivity index (χ0) is 19.8. The van der Waals surface area contributed by atoms with Crippen molar-refractivity contribution in [2.75, 3.05) is 13.1 Å². The first-order valence-electron chi connectivity index (χ1n) is 10.3. The third-order valence-electron chi connectivity index (χ3n) is 5.79. The fourth-order valence-electron chi connectivity index (χ4n) is 4.14. The number of hydrogen-bond donors (Lipinski definition) is 2. The van der Waals surface area contributed by atoms with Gasteiger partial charge < -0.3 is 10.6 Å². The van der Waals surface area contributed by atoms with Gasteiger partial charge in [-0.25, -0.2) is 0 Å². The molecule has 1 saturated carbocycles. The largest absolute Gasteiger partial charge is 0.356 e. The molecule has 1 fully saturated rings. The smallest absolute Gasteiger partial charge is 0.251 e. The molecule has 1 aliphatic carbocycles. The highest BCUT2D eigenvalue weighted by atomic mass is 16.2. The molecule has 2 aromatic carbocycles. The average molecular weight is 379 g/mol. The molecular formula is C24H30N2O2. The zero-order valence-corrected chi connectivity index (χ0v) is 16.7. The summed E-state index contributed by atoms with van der Waals surface area (Å²) in [5.41, 5.74) is 3.18. The minimum absolute atomic E-state index is 0.0192. The summed E-state index contributed by atoms with van der Waals surface area (Å²) in [5, 5.41) is 5.98. The van der Waals surface area contributed by atoms with E-state index in [-0.39, 0.29) is 17.2 Å². The molecule has 0 spiro atoms. The number of nitrogens with one attached hydrogen (secondary N) is 2. The van der Waals surface area contributed by atoms with Gasteiger partial charge in [0.1, 0.15) is 0 Å². The van der Waals surface area contributed by atoms with Crippen LogP contribution in [0.25, 0.3) is 0 Å². The van der Waals surface area contributed by atoms with Crippen LogP contribution in [-0.4, -0.2) is 24.9 Å². The summed E-state index contributed by atoms with van der Waals surface area (Å²) in [6.45, 7) is 2.81. The molecule has 1 aliphatic rings. The molecule has 0 bridgehead atoms. The van der Waals surface area contributed by atoms with Gasteiger partial charge in [0.05, 0.1) is 0 Å². The molecule has 2 N–H and O–H groups in total. The number of hydrogen-bond acceptors (Lipinski definition) is 2. The van der Waals surface area contributed by atoms with Crippen molar-refractivity contribution in [1.82, 2.24) is 10.6 Å². The Kier molecular flexibility index (Phi) is 6.85. The Morgan fingerprint density at radius 1 is 0.893 bits per heavy atom.